The van der Waals surface area contributed by atoms with Gasteiger partial charge < -0.3 is 25.0 Å². The summed E-state index contributed by atoms with van der Waals surface area (Å²) >= 11 is 0. The van der Waals surface area contributed by atoms with Crippen molar-refractivity contribution in [3.63, 3.8) is 0 Å². The van der Waals surface area contributed by atoms with Crippen molar-refractivity contribution in [2.24, 2.45) is 4.99 Å². The third-order valence-electron chi connectivity index (χ3n) is 5.20. The van der Waals surface area contributed by atoms with Gasteiger partial charge in [0.05, 0.1) is 13.2 Å². The molecule has 0 spiro atoms. The molecule has 1 amide bonds. The number of hydrogen-bond donors (Lipinski definition) is 2. The molecular formula is C22H36N4O3. The number of aliphatic imine (C=N–C) groups is 1. The molecule has 0 aliphatic carbocycles. The number of rotatable bonds is 9. The third-order valence-corrected chi connectivity index (χ3v) is 5.20. The first-order valence-electron chi connectivity index (χ1n) is 10.5. The lowest BCUT2D eigenvalue weighted by molar-refractivity contribution is -0.127. The average molecular weight is 405 g/mol. The van der Waals surface area contributed by atoms with Gasteiger partial charge in [0, 0.05) is 33.8 Å². The van der Waals surface area contributed by atoms with Crippen LogP contribution in [0.15, 0.2) is 29.3 Å². The van der Waals surface area contributed by atoms with Crippen molar-refractivity contribution in [2.45, 2.75) is 44.6 Å². The molecule has 0 radical (unpaired) electrons. The van der Waals surface area contributed by atoms with Crippen molar-refractivity contribution < 1.29 is 14.3 Å². The van der Waals surface area contributed by atoms with Crippen molar-refractivity contribution >= 4 is 11.9 Å². The molecule has 29 heavy (non-hydrogen) atoms. The van der Waals surface area contributed by atoms with Crippen LogP contribution in [0.3, 0.4) is 0 Å². The molecule has 7 nitrogen and oxygen atoms in total. The summed E-state index contributed by atoms with van der Waals surface area (Å²) in [6.45, 7) is 4.63. The van der Waals surface area contributed by atoms with Crippen LogP contribution in [0.4, 0.5) is 0 Å². The van der Waals surface area contributed by atoms with Gasteiger partial charge in [0.2, 0.25) is 5.91 Å². The zero-order valence-corrected chi connectivity index (χ0v) is 18.2. The first-order chi connectivity index (χ1) is 14.0. The van der Waals surface area contributed by atoms with Gasteiger partial charge >= 0.3 is 0 Å². The minimum atomic E-state index is -0.0217. The Kier molecular flexibility index (Phi) is 9.77. The lowest BCUT2D eigenvalue weighted by Gasteiger charge is -2.24. The molecule has 2 rings (SSSR count). The van der Waals surface area contributed by atoms with E-state index in [1.807, 2.05) is 12.1 Å². The highest BCUT2D eigenvalue weighted by Crippen LogP contribution is 2.21. The van der Waals surface area contributed by atoms with Gasteiger partial charge in [-0.25, -0.2) is 4.99 Å². The summed E-state index contributed by atoms with van der Waals surface area (Å²) < 4.78 is 11.0. The molecule has 2 unspecified atom stereocenters. The maximum absolute atomic E-state index is 11.9. The van der Waals surface area contributed by atoms with Gasteiger partial charge in [-0.3, -0.25) is 4.79 Å². The Morgan fingerprint density at radius 1 is 1.28 bits per heavy atom. The van der Waals surface area contributed by atoms with Crippen LogP contribution in [-0.2, 0) is 9.53 Å². The minimum Gasteiger partial charge on any atom is -0.497 e. The van der Waals surface area contributed by atoms with E-state index in [0.29, 0.717) is 18.4 Å². The Labute approximate surface area is 174 Å². The van der Waals surface area contributed by atoms with E-state index in [1.54, 1.807) is 26.1 Å². The van der Waals surface area contributed by atoms with Gasteiger partial charge in [-0.2, -0.15) is 0 Å². The van der Waals surface area contributed by atoms with E-state index in [1.165, 1.54) is 12.0 Å². The Morgan fingerprint density at radius 3 is 2.66 bits per heavy atom. The fraction of sp³-hybridized carbons (Fsp3) is 0.636. The summed E-state index contributed by atoms with van der Waals surface area (Å²) in [5.74, 6) is 1.91. The summed E-state index contributed by atoms with van der Waals surface area (Å²) in [5.41, 5.74) is 1.28. The van der Waals surface area contributed by atoms with E-state index in [4.69, 9.17) is 9.47 Å². The first kappa shape index (κ1) is 23.0. The SMILES string of the molecule is COc1ccc(C(C)CCNC(=NCC(=O)N(C)C)NCC2CCCCO2)cc1. The van der Waals surface area contributed by atoms with Crippen molar-refractivity contribution in [3.8, 4) is 5.75 Å². The number of hydrogen-bond acceptors (Lipinski definition) is 4. The van der Waals surface area contributed by atoms with Crippen molar-refractivity contribution in [3.05, 3.63) is 29.8 Å². The molecule has 1 aromatic carbocycles. The van der Waals surface area contributed by atoms with Gasteiger partial charge in [-0.05, 0) is 49.3 Å². The lowest BCUT2D eigenvalue weighted by Crippen LogP contribution is -2.43. The Morgan fingerprint density at radius 2 is 2.03 bits per heavy atom. The number of nitrogens with one attached hydrogen (secondary N) is 2. The average Bonchev–Trinajstić information content (AvgIpc) is 2.75. The second-order valence-electron chi connectivity index (χ2n) is 7.71. The predicted octanol–water partition coefficient (Wildman–Crippen LogP) is 2.38. The number of amides is 1. The molecule has 0 bridgehead atoms. The molecule has 0 saturated carbocycles. The van der Waals surface area contributed by atoms with E-state index < -0.39 is 0 Å². The number of carbonyl (C=O) groups is 1. The van der Waals surface area contributed by atoms with E-state index in [9.17, 15) is 4.79 Å². The highest BCUT2D eigenvalue weighted by Gasteiger charge is 2.14. The molecule has 1 fully saturated rings. The number of likely N-dealkylation sites (N-methyl/N-ethyl adjacent to an activating group) is 1. The second-order valence-corrected chi connectivity index (χ2v) is 7.71. The zero-order chi connectivity index (χ0) is 21.1. The van der Waals surface area contributed by atoms with Gasteiger partial charge in [0.25, 0.3) is 0 Å². The highest BCUT2D eigenvalue weighted by molar-refractivity contribution is 5.84. The van der Waals surface area contributed by atoms with Gasteiger partial charge in [-0.15, -0.1) is 0 Å². The minimum absolute atomic E-state index is 0.0217. The largest absolute Gasteiger partial charge is 0.497 e. The van der Waals surface area contributed by atoms with Crippen LogP contribution < -0.4 is 15.4 Å². The summed E-state index contributed by atoms with van der Waals surface area (Å²) in [5, 5.41) is 6.70. The van der Waals surface area contributed by atoms with Crippen molar-refractivity contribution in [1.29, 1.82) is 0 Å². The Balaban J connectivity index is 1.85. The molecule has 162 valence electrons. The smallest absolute Gasteiger partial charge is 0.243 e. The molecule has 0 aromatic heterocycles. The van der Waals surface area contributed by atoms with E-state index >= 15 is 0 Å². The molecular weight excluding hydrogens is 368 g/mol. The summed E-state index contributed by atoms with van der Waals surface area (Å²) in [4.78, 5) is 17.9. The Bertz CT molecular complexity index is 640. The van der Waals surface area contributed by atoms with Crippen LogP contribution in [0.25, 0.3) is 0 Å². The van der Waals surface area contributed by atoms with Crippen LogP contribution in [0.1, 0.15) is 44.1 Å². The highest BCUT2D eigenvalue weighted by atomic mass is 16.5. The maximum Gasteiger partial charge on any atom is 0.243 e. The van der Waals surface area contributed by atoms with Crippen molar-refractivity contribution in [1.82, 2.24) is 15.5 Å². The number of methoxy groups -OCH3 is 1. The number of benzene rings is 1. The topological polar surface area (TPSA) is 75.2 Å². The number of carbonyl (C=O) groups excluding carboxylic acids is 1. The van der Waals surface area contributed by atoms with Crippen molar-refractivity contribution in [2.75, 3.05) is 47.4 Å². The zero-order valence-electron chi connectivity index (χ0n) is 18.2. The van der Waals surface area contributed by atoms with E-state index in [0.717, 1.165) is 38.2 Å². The molecule has 1 aliphatic rings. The Hall–Kier alpha value is -2.28. The fourth-order valence-corrected chi connectivity index (χ4v) is 3.15. The normalized spacial score (nSPS) is 18.1. The fourth-order valence-electron chi connectivity index (χ4n) is 3.15. The van der Waals surface area contributed by atoms with Crippen LogP contribution in [0.2, 0.25) is 0 Å². The standard InChI is InChI=1S/C22H36N4O3/c1-17(18-8-10-19(28-4)11-9-18)12-13-23-22(25-16-21(27)26(2)3)24-15-20-7-5-6-14-29-20/h8-11,17,20H,5-7,12-16H2,1-4H3,(H2,23,24,25). The third kappa shape index (κ3) is 8.31. The molecule has 2 atom stereocenters. The molecule has 7 heteroatoms. The van der Waals surface area contributed by atoms with Gasteiger partial charge in [-0.1, -0.05) is 19.1 Å². The van der Waals surface area contributed by atoms with E-state index in [-0.39, 0.29) is 18.6 Å². The number of guanidine groups is 1. The monoisotopic (exact) mass is 404 g/mol. The second kappa shape index (κ2) is 12.3. The van der Waals surface area contributed by atoms with Crippen LogP contribution >= 0.6 is 0 Å². The maximum atomic E-state index is 11.9. The van der Waals surface area contributed by atoms with Gasteiger partial charge in [0.15, 0.2) is 5.96 Å². The lowest BCUT2D eigenvalue weighted by atomic mass is 9.98. The van der Waals surface area contributed by atoms with Gasteiger partial charge in [0.1, 0.15) is 12.3 Å². The van der Waals surface area contributed by atoms with Crippen LogP contribution in [0.5, 0.6) is 5.75 Å². The summed E-state index contributed by atoms with van der Waals surface area (Å²) in [6, 6.07) is 8.19. The van der Waals surface area contributed by atoms with Crippen LogP contribution in [0, 0.1) is 0 Å². The summed E-state index contributed by atoms with van der Waals surface area (Å²) in [6.07, 6.45) is 4.56. The first-order valence-corrected chi connectivity index (χ1v) is 10.5. The van der Waals surface area contributed by atoms with E-state index in [2.05, 4.69) is 34.7 Å². The molecule has 1 aliphatic heterocycles. The molecule has 1 heterocycles. The molecule has 1 saturated heterocycles. The molecule has 1 aromatic rings. The number of nitrogens with zero attached hydrogens (tertiary/aromatic N) is 2. The predicted molar refractivity (Wildman–Crippen MR) is 117 cm³/mol. The molecule has 2 N–H and O–H groups in total. The summed E-state index contributed by atoms with van der Waals surface area (Å²) in [7, 11) is 5.16. The van der Waals surface area contributed by atoms with Crippen LogP contribution in [-0.4, -0.2) is 70.3 Å². The number of ether oxygens (including phenoxy) is 2. The quantitative estimate of drug-likeness (QED) is 0.488.